The highest BCUT2D eigenvalue weighted by Crippen LogP contribution is 2.22. The molecule has 0 rings (SSSR count). The summed E-state index contributed by atoms with van der Waals surface area (Å²) in [7, 11) is 0. The highest BCUT2D eigenvalue weighted by molar-refractivity contribution is 6.17. The summed E-state index contributed by atoms with van der Waals surface area (Å²) >= 11 is 5.80. The Morgan fingerprint density at radius 2 is 1.71 bits per heavy atom. The molecule has 0 fully saturated rings. The van der Waals surface area contributed by atoms with E-state index >= 15 is 0 Å². The lowest BCUT2D eigenvalue weighted by molar-refractivity contribution is 0.258. The Hall–Kier alpha value is 0.250. The Morgan fingerprint density at radius 3 is 2.07 bits per heavy atom. The summed E-state index contributed by atoms with van der Waals surface area (Å²) in [6, 6.07) is 0.541. The standard InChI is InChI=1S/C12H26ClN/c1-10(2)7-9-14-11(6-8-13)12(3,4)5/h10-11,14H,6-9H2,1-5H3. The third kappa shape index (κ3) is 6.67. The largest absolute Gasteiger partial charge is 0.313 e. The van der Waals surface area contributed by atoms with Gasteiger partial charge in [0.25, 0.3) is 0 Å². The lowest BCUT2D eigenvalue weighted by Gasteiger charge is -2.31. The lowest BCUT2D eigenvalue weighted by atomic mass is 9.85. The predicted molar refractivity (Wildman–Crippen MR) is 66.0 cm³/mol. The molecular formula is C12H26ClN. The van der Waals surface area contributed by atoms with E-state index in [1.54, 1.807) is 0 Å². The quantitative estimate of drug-likeness (QED) is 0.673. The molecule has 0 aliphatic carbocycles. The third-order valence-electron chi connectivity index (χ3n) is 2.56. The number of rotatable bonds is 6. The van der Waals surface area contributed by atoms with Gasteiger partial charge in [0.15, 0.2) is 0 Å². The van der Waals surface area contributed by atoms with Crippen molar-refractivity contribution in [3.05, 3.63) is 0 Å². The van der Waals surface area contributed by atoms with E-state index in [1.165, 1.54) is 6.42 Å². The average Bonchev–Trinajstić information content (AvgIpc) is 2.00. The van der Waals surface area contributed by atoms with Crippen molar-refractivity contribution in [3.63, 3.8) is 0 Å². The molecular weight excluding hydrogens is 194 g/mol. The van der Waals surface area contributed by atoms with Gasteiger partial charge in [0.05, 0.1) is 0 Å². The summed E-state index contributed by atoms with van der Waals surface area (Å²) in [5, 5.41) is 3.61. The maximum atomic E-state index is 5.80. The summed E-state index contributed by atoms with van der Waals surface area (Å²) < 4.78 is 0. The molecule has 14 heavy (non-hydrogen) atoms. The number of halogens is 1. The minimum Gasteiger partial charge on any atom is -0.313 e. The van der Waals surface area contributed by atoms with E-state index in [9.17, 15) is 0 Å². The van der Waals surface area contributed by atoms with Crippen molar-refractivity contribution >= 4 is 11.6 Å². The predicted octanol–water partition coefficient (Wildman–Crippen LogP) is 3.67. The number of hydrogen-bond acceptors (Lipinski definition) is 1. The highest BCUT2D eigenvalue weighted by Gasteiger charge is 2.22. The van der Waals surface area contributed by atoms with Crippen LogP contribution in [0.25, 0.3) is 0 Å². The topological polar surface area (TPSA) is 12.0 Å². The van der Waals surface area contributed by atoms with Gasteiger partial charge in [0, 0.05) is 11.9 Å². The van der Waals surface area contributed by atoms with E-state index in [-0.39, 0.29) is 0 Å². The molecule has 0 bridgehead atoms. The minimum atomic E-state index is 0.311. The normalized spacial score (nSPS) is 14.8. The van der Waals surface area contributed by atoms with Gasteiger partial charge < -0.3 is 5.32 Å². The first-order valence-electron chi connectivity index (χ1n) is 5.67. The highest BCUT2D eigenvalue weighted by atomic mass is 35.5. The fraction of sp³-hybridized carbons (Fsp3) is 1.00. The molecule has 2 heteroatoms. The first-order valence-corrected chi connectivity index (χ1v) is 6.20. The van der Waals surface area contributed by atoms with E-state index < -0.39 is 0 Å². The molecule has 1 N–H and O–H groups in total. The fourth-order valence-corrected chi connectivity index (χ4v) is 1.71. The number of hydrogen-bond donors (Lipinski definition) is 1. The summed E-state index contributed by atoms with van der Waals surface area (Å²) in [5.74, 6) is 1.52. The smallest absolute Gasteiger partial charge is 0.0238 e. The average molecular weight is 220 g/mol. The molecule has 86 valence electrons. The molecule has 1 atom stereocenters. The third-order valence-corrected chi connectivity index (χ3v) is 2.77. The van der Waals surface area contributed by atoms with Gasteiger partial charge in [-0.3, -0.25) is 0 Å². The molecule has 0 saturated heterocycles. The Bertz CT molecular complexity index is 138. The van der Waals surface area contributed by atoms with E-state index in [0.717, 1.165) is 24.8 Å². The van der Waals surface area contributed by atoms with E-state index in [1.807, 2.05) is 0 Å². The van der Waals surface area contributed by atoms with Crippen LogP contribution in [0.3, 0.4) is 0 Å². The van der Waals surface area contributed by atoms with Crippen molar-refractivity contribution in [1.29, 1.82) is 0 Å². The minimum absolute atomic E-state index is 0.311. The van der Waals surface area contributed by atoms with Crippen molar-refractivity contribution in [2.24, 2.45) is 11.3 Å². The fourth-order valence-electron chi connectivity index (χ4n) is 1.50. The molecule has 0 amide bonds. The van der Waals surface area contributed by atoms with Crippen LogP contribution in [0.1, 0.15) is 47.5 Å². The van der Waals surface area contributed by atoms with Gasteiger partial charge in [-0.15, -0.1) is 11.6 Å². The van der Waals surface area contributed by atoms with Crippen LogP contribution in [0.2, 0.25) is 0 Å². The summed E-state index contributed by atoms with van der Waals surface area (Å²) in [5.41, 5.74) is 0.311. The van der Waals surface area contributed by atoms with Crippen LogP contribution in [0.5, 0.6) is 0 Å². The molecule has 0 aromatic heterocycles. The van der Waals surface area contributed by atoms with E-state index in [4.69, 9.17) is 11.6 Å². The van der Waals surface area contributed by atoms with Crippen LogP contribution in [-0.4, -0.2) is 18.5 Å². The SMILES string of the molecule is CC(C)CCNC(CCCl)C(C)(C)C. The molecule has 0 aliphatic heterocycles. The molecule has 0 saturated carbocycles. The molecule has 0 aromatic rings. The molecule has 0 heterocycles. The number of nitrogens with one attached hydrogen (secondary N) is 1. The first kappa shape index (κ1) is 14.2. The second-order valence-electron chi connectivity index (χ2n) is 5.53. The Labute approximate surface area is 94.6 Å². The molecule has 0 aliphatic rings. The summed E-state index contributed by atoms with van der Waals surface area (Å²) in [6.07, 6.45) is 2.30. The van der Waals surface area contributed by atoms with Crippen molar-refractivity contribution < 1.29 is 0 Å². The zero-order valence-electron chi connectivity index (χ0n) is 10.4. The zero-order chi connectivity index (χ0) is 11.2. The zero-order valence-corrected chi connectivity index (χ0v) is 11.1. The van der Waals surface area contributed by atoms with Crippen LogP contribution >= 0.6 is 11.6 Å². The second-order valence-corrected chi connectivity index (χ2v) is 5.91. The van der Waals surface area contributed by atoms with Crippen LogP contribution in [0.4, 0.5) is 0 Å². The van der Waals surface area contributed by atoms with Crippen LogP contribution in [0.15, 0.2) is 0 Å². The summed E-state index contributed by atoms with van der Waals surface area (Å²) in [4.78, 5) is 0. The Balaban J connectivity index is 3.86. The lowest BCUT2D eigenvalue weighted by Crippen LogP contribution is -2.41. The Morgan fingerprint density at radius 1 is 1.14 bits per heavy atom. The van der Waals surface area contributed by atoms with Crippen LogP contribution in [0, 0.1) is 11.3 Å². The van der Waals surface area contributed by atoms with Crippen molar-refractivity contribution in [1.82, 2.24) is 5.32 Å². The van der Waals surface area contributed by atoms with Crippen LogP contribution < -0.4 is 5.32 Å². The van der Waals surface area contributed by atoms with Crippen LogP contribution in [-0.2, 0) is 0 Å². The van der Waals surface area contributed by atoms with E-state index in [0.29, 0.717) is 11.5 Å². The van der Waals surface area contributed by atoms with Gasteiger partial charge in [-0.1, -0.05) is 34.6 Å². The first-order chi connectivity index (χ1) is 6.38. The molecule has 1 unspecified atom stereocenters. The molecule has 0 spiro atoms. The molecule has 0 aromatic carbocycles. The Kier molecular flexibility index (Phi) is 6.80. The monoisotopic (exact) mass is 219 g/mol. The second kappa shape index (κ2) is 6.68. The summed E-state index contributed by atoms with van der Waals surface area (Å²) in [6.45, 7) is 12.4. The van der Waals surface area contributed by atoms with Gasteiger partial charge in [-0.2, -0.15) is 0 Å². The van der Waals surface area contributed by atoms with Gasteiger partial charge in [-0.05, 0) is 30.7 Å². The molecule has 0 radical (unpaired) electrons. The van der Waals surface area contributed by atoms with E-state index in [2.05, 4.69) is 39.9 Å². The maximum Gasteiger partial charge on any atom is 0.0238 e. The van der Waals surface area contributed by atoms with Crippen molar-refractivity contribution in [2.45, 2.75) is 53.5 Å². The number of alkyl halides is 1. The van der Waals surface area contributed by atoms with Gasteiger partial charge in [0.2, 0.25) is 0 Å². The maximum absolute atomic E-state index is 5.80. The van der Waals surface area contributed by atoms with Crippen molar-refractivity contribution in [2.75, 3.05) is 12.4 Å². The van der Waals surface area contributed by atoms with Gasteiger partial charge in [0.1, 0.15) is 0 Å². The van der Waals surface area contributed by atoms with Gasteiger partial charge in [-0.25, -0.2) is 0 Å². The molecule has 1 nitrogen and oxygen atoms in total. The van der Waals surface area contributed by atoms with Gasteiger partial charge >= 0.3 is 0 Å². The van der Waals surface area contributed by atoms with Crippen molar-refractivity contribution in [3.8, 4) is 0 Å².